The van der Waals surface area contributed by atoms with Crippen molar-refractivity contribution in [3.63, 3.8) is 0 Å². The van der Waals surface area contributed by atoms with Gasteiger partial charge in [0, 0.05) is 0 Å². The molecule has 0 spiro atoms. The van der Waals surface area contributed by atoms with Gasteiger partial charge in [-0.15, -0.1) is 0 Å². The molecule has 1 aromatic rings. The average molecular weight is 242 g/mol. The minimum atomic E-state index is 0.0591. The van der Waals surface area contributed by atoms with Crippen LogP contribution in [0.5, 0.6) is 0 Å². The summed E-state index contributed by atoms with van der Waals surface area (Å²) in [6.07, 6.45) is 0. The van der Waals surface area contributed by atoms with E-state index in [9.17, 15) is 4.79 Å². The normalized spacial score (nSPS) is 9.62. The van der Waals surface area contributed by atoms with Crippen LogP contribution in [0.2, 0.25) is 5.32 Å². The van der Waals surface area contributed by atoms with E-state index < -0.39 is 0 Å². The molecule has 0 aliphatic rings. The molecule has 1 N–H and O–H groups in total. The Morgan fingerprint density at radius 2 is 2.08 bits per heavy atom. The molecule has 70 valence electrons. The minimum absolute atomic E-state index is 0.0591. The van der Waals surface area contributed by atoms with Crippen molar-refractivity contribution in [1.82, 2.24) is 5.32 Å². The van der Waals surface area contributed by atoms with Crippen LogP contribution >= 0.6 is 0 Å². The van der Waals surface area contributed by atoms with Gasteiger partial charge in [0.15, 0.2) is 0 Å². The van der Waals surface area contributed by atoms with Crippen molar-refractivity contribution in [3.8, 4) is 0 Å². The summed E-state index contributed by atoms with van der Waals surface area (Å²) in [5, 5.41) is 3.86. The van der Waals surface area contributed by atoms with Gasteiger partial charge in [-0.1, -0.05) is 0 Å². The van der Waals surface area contributed by atoms with E-state index in [1.165, 1.54) is 4.46 Å². The summed E-state index contributed by atoms with van der Waals surface area (Å²) in [5.41, 5.74) is 0. The molecule has 0 fully saturated rings. The number of benzene rings is 1. The molecule has 0 bridgehead atoms. The van der Waals surface area contributed by atoms with Crippen molar-refractivity contribution in [2.75, 3.05) is 6.54 Å². The zero-order chi connectivity index (χ0) is 9.52. The second kappa shape index (κ2) is 5.79. The SMILES string of the molecule is CC(=O)NCC[Se]c1ccccc1. The number of amides is 1. The summed E-state index contributed by atoms with van der Waals surface area (Å²) in [6, 6.07) is 10.4. The van der Waals surface area contributed by atoms with Gasteiger partial charge >= 0.3 is 84.6 Å². The maximum atomic E-state index is 10.6. The molecule has 0 aromatic heterocycles. The van der Waals surface area contributed by atoms with Gasteiger partial charge in [-0.05, 0) is 0 Å². The molecular formula is C10H13NOSe. The Labute approximate surface area is 84.9 Å². The van der Waals surface area contributed by atoms with Crippen molar-refractivity contribution in [2.24, 2.45) is 0 Å². The molecule has 0 aliphatic carbocycles. The van der Waals surface area contributed by atoms with Crippen molar-refractivity contribution < 1.29 is 4.79 Å². The van der Waals surface area contributed by atoms with Crippen LogP contribution in [0, 0.1) is 0 Å². The van der Waals surface area contributed by atoms with Crippen LogP contribution in [0.1, 0.15) is 6.92 Å². The molecule has 0 heterocycles. The van der Waals surface area contributed by atoms with Gasteiger partial charge in [0.05, 0.1) is 0 Å². The van der Waals surface area contributed by atoms with E-state index in [1.807, 2.05) is 6.07 Å². The molecule has 0 aliphatic heterocycles. The topological polar surface area (TPSA) is 29.1 Å². The zero-order valence-electron chi connectivity index (χ0n) is 7.62. The van der Waals surface area contributed by atoms with Crippen LogP contribution in [-0.2, 0) is 4.79 Å². The molecule has 1 rings (SSSR count). The van der Waals surface area contributed by atoms with Crippen LogP contribution < -0.4 is 9.78 Å². The molecule has 0 atom stereocenters. The predicted molar refractivity (Wildman–Crippen MR) is 55.3 cm³/mol. The molecular weight excluding hydrogens is 229 g/mol. The van der Waals surface area contributed by atoms with Gasteiger partial charge < -0.3 is 0 Å². The van der Waals surface area contributed by atoms with Crippen LogP contribution in [0.3, 0.4) is 0 Å². The van der Waals surface area contributed by atoms with Gasteiger partial charge in [0.25, 0.3) is 0 Å². The van der Waals surface area contributed by atoms with Crippen LogP contribution in [-0.4, -0.2) is 27.4 Å². The Morgan fingerprint density at radius 3 is 2.69 bits per heavy atom. The van der Waals surface area contributed by atoms with Gasteiger partial charge in [-0.3, -0.25) is 0 Å². The molecule has 13 heavy (non-hydrogen) atoms. The number of hydrogen-bond donors (Lipinski definition) is 1. The second-order valence-corrected chi connectivity index (χ2v) is 5.10. The third kappa shape index (κ3) is 4.71. The summed E-state index contributed by atoms with van der Waals surface area (Å²) < 4.78 is 1.39. The van der Waals surface area contributed by atoms with Crippen molar-refractivity contribution in [2.45, 2.75) is 12.2 Å². The first kappa shape index (κ1) is 10.3. The summed E-state index contributed by atoms with van der Waals surface area (Å²) in [7, 11) is 0. The van der Waals surface area contributed by atoms with Crippen molar-refractivity contribution in [1.29, 1.82) is 0 Å². The van der Waals surface area contributed by atoms with Crippen LogP contribution in [0.4, 0.5) is 0 Å². The summed E-state index contributed by atoms with van der Waals surface area (Å²) >= 11 is 0.490. The number of carbonyl (C=O) groups excluding carboxylic acids is 1. The van der Waals surface area contributed by atoms with Crippen molar-refractivity contribution in [3.05, 3.63) is 30.3 Å². The monoisotopic (exact) mass is 243 g/mol. The third-order valence-electron chi connectivity index (χ3n) is 1.49. The number of rotatable bonds is 4. The summed E-state index contributed by atoms with van der Waals surface area (Å²) in [5.74, 6) is 0.0591. The van der Waals surface area contributed by atoms with E-state index in [0.717, 1.165) is 11.9 Å². The van der Waals surface area contributed by atoms with Crippen LogP contribution in [0.25, 0.3) is 0 Å². The van der Waals surface area contributed by atoms with Gasteiger partial charge in [0.1, 0.15) is 0 Å². The first-order valence-corrected chi connectivity index (χ1v) is 6.28. The molecule has 0 radical (unpaired) electrons. The molecule has 0 unspecified atom stereocenters. The molecule has 0 saturated heterocycles. The van der Waals surface area contributed by atoms with Gasteiger partial charge in [-0.25, -0.2) is 0 Å². The van der Waals surface area contributed by atoms with Gasteiger partial charge in [0.2, 0.25) is 0 Å². The van der Waals surface area contributed by atoms with E-state index in [4.69, 9.17) is 0 Å². The van der Waals surface area contributed by atoms with E-state index in [2.05, 4.69) is 29.6 Å². The fourth-order valence-electron chi connectivity index (χ4n) is 0.913. The van der Waals surface area contributed by atoms with E-state index in [1.54, 1.807) is 6.92 Å². The number of hydrogen-bond acceptors (Lipinski definition) is 1. The number of carbonyl (C=O) groups is 1. The van der Waals surface area contributed by atoms with Crippen molar-refractivity contribution >= 4 is 25.3 Å². The van der Waals surface area contributed by atoms with Gasteiger partial charge in [-0.2, -0.15) is 0 Å². The Morgan fingerprint density at radius 1 is 1.38 bits per heavy atom. The van der Waals surface area contributed by atoms with E-state index in [0.29, 0.717) is 15.0 Å². The fourth-order valence-corrected chi connectivity index (χ4v) is 2.57. The van der Waals surface area contributed by atoms with E-state index in [-0.39, 0.29) is 5.91 Å². The average Bonchev–Trinajstić information content (AvgIpc) is 2.14. The quantitative estimate of drug-likeness (QED) is 0.607. The Balaban J connectivity index is 2.17. The second-order valence-electron chi connectivity index (χ2n) is 2.64. The third-order valence-corrected chi connectivity index (χ3v) is 3.61. The Bertz CT molecular complexity index is 261. The molecule has 3 heteroatoms. The predicted octanol–water partition coefficient (Wildman–Crippen LogP) is 0.570. The van der Waals surface area contributed by atoms with Crippen LogP contribution in [0.15, 0.2) is 30.3 Å². The Hall–Kier alpha value is -0.791. The molecule has 2 nitrogen and oxygen atoms in total. The van der Waals surface area contributed by atoms with E-state index >= 15 is 0 Å². The maximum absolute atomic E-state index is 10.6. The first-order chi connectivity index (χ1) is 6.29. The fraction of sp³-hybridized carbons (Fsp3) is 0.300. The molecule has 1 aromatic carbocycles. The summed E-state index contributed by atoms with van der Waals surface area (Å²) in [6.45, 7) is 2.35. The number of nitrogens with one attached hydrogen (secondary N) is 1. The first-order valence-electron chi connectivity index (χ1n) is 4.21. The molecule has 0 saturated carbocycles. The standard InChI is InChI=1S/C10H13NOSe/c1-9(12)11-7-8-13-10-5-3-2-4-6-10/h2-6H,7-8H2,1H3,(H,11,12). The zero-order valence-corrected chi connectivity index (χ0v) is 9.33. The Kier molecular flexibility index (Phi) is 4.58. The summed E-state index contributed by atoms with van der Waals surface area (Å²) in [4.78, 5) is 10.6. The molecule has 1 amide bonds.